The van der Waals surface area contributed by atoms with Crippen molar-refractivity contribution in [3.8, 4) is 0 Å². The van der Waals surface area contributed by atoms with Gasteiger partial charge >= 0.3 is 0 Å². The summed E-state index contributed by atoms with van der Waals surface area (Å²) in [7, 11) is 0. The lowest BCUT2D eigenvalue weighted by Gasteiger charge is -2.05. The lowest BCUT2D eigenvalue weighted by molar-refractivity contribution is 0.101. The Morgan fingerprint density at radius 1 is 1.59 bits per heavy atom. The lowest BCUT2D eigenvalue weighted by Crippen LogP contribution is -2.17. The van der Waals surface area contributed by atoms with Crippen LogP contribution in [0.15, 0.2) is 17.6 Å². The van der Waals surface area contributed by atoms with Crippen molar-refractivity contribution >= 4 is 22.4 Å². The molecule has 17 heavy (non-hydrogen) atoms. The highest BCUT2D eigenvalue weighted by Crippen LogP contribution is 2.15. The van der Waals surface area contributed by atoms with E-state index in [0.29, 0.717) is 10.8 Å². The number of nitrogens with one attached hydrogen (secondary N) is 1. The average molecular weight is 250 g/mol. The minimum Gasteiger partial charge on any atom is -0.296 e. The zero-order chi connectivity index (χ0) is 12.3. The molecule has 0 unspecified atom stereocenters. The molecule has 2 heterocycles. The molecule has 0 saturated carbocycles. The number of hydrogen-bond acceptors (Lipinski definition) is 4. The van der Waals surface area contributed by atoms with Crippen LogP contribution < -0.4 is 5.32 Å². The highest BCUT2D eigenvalue weighted by atomic mass is 32.1. The third-order valence-electron chi connectivity index (χ3n) is 2.22. The van der Waals surface area contributed by atoms with Gasteiger partial charge in [0.25, 0.3) is 5.91 Å². The van der Waals surface area contributed by atoms with E-state index in [9.17, 15) is 4.79 Å². The minimum absolute atomic E-state index is 0.162. The Kier molecular flexibility index (Phi) is 3.53. The fourth-order valence-electron chi connectivity index (χ4n) is 1.49. The monoisotopic (exact) mass is 250 g/mol. The summed E-state index contributed by atoms with van der Waals surface area (Å²) in [6.07, 6.45) is 2.58. The minimum atomic E-state index is -0.162. The third kappa shape index (κ3) is 2.71. The molecule has 0 radical (unpaired) electrons. The van der Waals surface area contributed by atoms with Crippen LogP contribution in [-0.4, -0.2) is 20.7 Å². The second-order valence-corrected chi connectivity index (χ2v) is 4.55. The summed E-state index contributed by atoms with van der Waals surface area (Å²) in [6.45, 7) is 4.69. The Morgan fingerprint density at radius 3 is 3.06 bits per heavy atom. The lowest BCUT2D eigenvalue weighted by atomic mass is 10.4. The summed E-state index contributed by atoms with van der Waals surface area (Å²) >= 11 is 1.42. The first-order valence-corrected chi connectivity index (χ1v) is 6.34. The normalized spacial score (nSPS) is 10.5. The van der Waals surface area contributed by atoms with Crippen molar-refractivity contribution in [2.75, 3.05) is 5.32 Å². The van der Waals surface area contributed by atoms with E-state index >= 15 is 0 Å². The van der Waals surface area contributed by atoms with Gasteiger partial charge in [0.05, 0.1) is 5.69 Å². The number of rotatable bonds is 4. The number of amides is 1. The van der Waals surface area contributed by atoms with Crippen molar-refractivity contribution < 1.29 is 4.79 Å². The molecule has 0 fully saturated rings. The summed E-state index contributed by atoms with van der Waals surface area (Å²) in [5.41, 5.74) is 1.48. The van der Waals surface area contributed by atoms with E-state index in [4.69, 9.17) is 0 Å². The van der Waals surface area contributed by atoms with E-state index in [1.807, 2.05) is 19.2 Å². The van der Waals surface area contributed by atoms with Crippen LogP contribution in [0.1, 0.15) is 29.5 Å². The average Bonchev–Trinajstić information content (AvgIpc) is 2.88. The molecule has 90 valence electrons. The van der Waals surface area contributed by atoms with Crippen molar-refractivity contribution in [1.29, 1.82) is 0 Å². The smallest absolute Gasteiger partial charge is 0.275 e. The van der Waals surface area contributed by atoms with Crippen LogP contribution in [0.2, 0.25) is 0 Å². The van der Waals surface area contributed by atoms with Gasteiger partial charge in [-0.15, -0.1) is 11.3 Å². The fourth-order valence-corrected chi connectivity index (χ4v) is 2.17. The SMILES string of the molecule is CCCn1nccc1C(=O)Nc1nc(C)cs1. The van der Waals surface area contributed by atoms with Gasteiger partial charge in [-0.1, -0.05) is 6.92 Å². The first kappa shape index (κ1) is 11.8. The number of aryl methyl sites for hydroxylation is 2. The third-order valence-corrected chi connectivity index (χ3v) is 3.10. The van der Waals surface area contributed by atoms with E-state index in [2.05, 4.69) is 15.4 Å². The number of carbonyl (C=O) groups excluding carboxylic acids is 1. The summed E-state index contributed by atoms with van der Waals surface area (Å²) in [6, 6.07) is 1.71. The molecular formula is C11H14N4OS. The van der Waals surface area contributed by atoms with Gasteiger partial charge in [0.15, 0.2) is 5.13 Å². The molecule has 0 spiro atoms. The maximum absolute atomic E-state index is 12.0. The van der Waals surface area contributed by atoms with Crippen LogP contribution in [-0.2, 0) is 6.54 Å². The Morgan fingerprint density at radius 2 is 2.41 bits per heavy atom. The van der Waals surface area contributed by atoms with Crippen LogP contribution >= 0.6 is 11.3 Å². The van der Waals surface area contributed by atoms with E-state index in [1.54, 1.807) is 16.9 Å². The van der Waals surface area contributed by atoms with Crippen molar-refractivity contribution in [3.05, 3.63) is 29.0 Å². The number of aromatic nitrogens is 3. The quantitative estimate of drug-likeness (QED) is 0.905. The van der Waals surface area contributed by atoms with Crippen molar-refractivity contribution in [1.82, 2.24) is 14.8 Å². The number of hydrogen-bond donors (Lipinski definition) is 1. The van der Waals surface area contributed by atoms with E-state index in [-0.39, 0.29) is 5.91 Å². The first-order valence-electron chi connectivity index (χ1n) is 5.46. The number of thiazole rings is 1. The predicted molar refractivity (Wildman–Crippen MR) is 67.3 cm³/mol. The maximum atomic E-state index is 12.0. The van der Waals surface area contributed by atoms with Gasteiger partial charge in [0.2, 0.25) is 0 Å². The van der Waals surface area contributed by atoms with Gasteiger partial charge in [0.1, 0.15) is 5.69 Å². The van der Waals surface area contributed by atoms with Gasteiger partial charge < -0.3 is 0 Å². The first-order chi connectivity index (χ1) is 8.20. The number of carbonyl (C=O) groups is 1. The van der Waals surface area contributed by atoms with Gasteiger partial charge in [-0.2, -0.15) is 5.10 Å². The summed E-state index contributed by atoms with van der Waals surface area (Å²) in [5.74, 6) is -0.162. The van der Waals surface area contributed by atoms with E-state index in [1.165, 1.54) is 11.3 Å². The molecule has 5 nitrogen and oxygen atoms in total. The van der Waals surface area contributed by atoms with Gasteiger partial charge in [-0.3, -0.25) is 14.8 Å². The Labute approximate surface area is 103 Å². The van der Waals surface area contributed by atoms with Crippen LogP contribution in [0.5, 0.6) is 0 Å². The van der Waals surface area contributed by atoms with E-state index in [0.717, 1.165) is 18.7 Å². The molecule has 0 aliphatic carbocycles. The molecule has 1 N–H and O–H groups in total. The zero-order valence-electron chi connectivity index (χ0n) is 9.80. The highest BCUT2D eigenvalue weighted by molar-refractivity contribution is 7.13. The summed E-state index contributed by atoms with van der Waals surface area (Å²) in [5, 5.41) is 9.41. The highest BCUT2D eigenvalue weighted by Gasteiger charge is 2.12. The Balaban J connectivity index is 2.11. The molecule has 2 aromatic heterocycles. The van der Waals surface area contributed by atoms with Crippen molar-refractivity contribution in [3.63, 3.8) is 0 Å². The standard InChI is InChI=1S/C11H14N4OS/c1-3-6-15-9(4-5-12-15)10(16)14-11-13-8(2)7-17-11/h4-5,7H,3,6H2,1-2H3,(H,13,14,16). The molecule has 1 amide bonds. The molecule has 0 atom stereocenters. The Hall–Kier alpha value is -1.69. The van der Waals surface area contributed by atoms with Gasteiger partial charge in [-0.25, -0.2) is 4.98 Å². The second kappa shape index (κ2) is 5.09. The topological polar surface area (TPSA) is 59.8 Å². The predicted octanol–water partition coefficient (Wildman–Crippen LogP) is 2.31. The van der Waals surface area contributed by atoms with Gasteiger partial charge in [0, 0.05) is 18.1 Å². The number of nitrogens with zero attached hydrogens (tertiary/aromatic N) is 3. The summed E-state index contributed by atoms with van der Waals surface area (Å²) < 4.78 is 1.70. The molecule has 0 saturated heterocycles. The second-order valence-electron chi connectivity index (χ2n) is 3.69. The van der Waals surface area contributed by atoms with Crippen LogP contribution in [0.25, 0.3) is 0 Å². The van der Waals surface area contributed by atoms with Crippen molar-refractivity contribution in [2.24, 2.45) is 0 Å². The molecule has 2 rings (SSSR count). The van der Waals surface area contributed by atoms with E-state index < -0.39 is 0 Å². The zero-order valence-corrected chi connectivity index (χ0v) is 10.6. The molecule has 0 aliphatic rings. The Bertz CT molecular complexity index is 517. The van der Waals surface area contributed by atoms with Gasteiger partial charge in [-0.05, 0) is 19.4 Å². The molecule has 0 bridgehead atoms. The van der Waals surface area contributed by atoms with Crippen molar-refractivity contribution in [2.45, 2.75) is 26.8 Å². The number of anilines is 1. The largest absolute Gasteiger partial charge is 0.296 e. The molecule has 0 aliphatic heterocycles. The van der Waals surface area contributed by atoms with Crippen LogP contribution in [0, 0.1) is 6.92 Å². The fraction of sp³-hybridized carbons (Fsp3) is 0.364. The van der Waals surface area contributed by atoms with Crippen LogP contribution in [0.4, 0.5) is 5.13 Å². The summed E-state index contributed by atoms with van der Waals surface area (Å²) in [4.78, 5) is 16.2. The molecule has 6 heteroatoms. The maximum Gasteiger partial charge on any atom is 0.275 e. The molecule has 2 aromatic rings. The molecular weight excluding hydrogens is 236 g/mol. The molecule has 0 aromatic carbocycles. The van der Waals surface area contributed by atoms with Crippen LogP contribution in [0.3, 0.4) is 0 Å².